The van der Waals surface area contributed by atoms with Crippen LogP contribution in [0.25, 0.3) is 0 Å². The fourth-order valence-electron chi connectivity index (χ4n) is 3.65. The van der Waals surface area contributed by atoms with Crippen LogP contribution in [0.5, 0.6) is 0 Å². The monoisotopic (exact) mass is 393 g/mol. The number of hydrogen-bond acceptors (Lipinski definition) is 7. The lowest BCUT2D eigenvalue weighted by atomic mass is 10.0. The molecule has 148 valence electrons. The van der Waals surface area contributed by atoms with E-state index in [1.165, 1.54) is 0 Å². The minimum Gasteiger partial charge on any atom is -0.399 e. The predicted molar refractivity (Wildman–Crippen MR) is 102 cm³/mol. The summed E-state index contributed by atoms with van der Waals surface area (Å²) in [6.07, 6.45) is 1.84. The van der Waals surface area contributed by atoms with Crippen molar-refractivity contribution in [1.82, 2.24) is 20.5 Å². The molecule has 2 aliphatic rings. The number of benzene rings is 1. The Morgan fingerprint density at radius 2 is 1.97 bits per heavy atom. The summed E-state index contributed by atoms with van der Waals surface area (Å²) in [5.41, 5.74) is 8.31. The lowest BCUT2D eigenvalue weighted by molar-refractivity contribution is -0.136. The van der Waals surface area contributed by atoms with Crippen LogP contribution in [-0.4, -0.2) is 39.6 Å². The molecule has 0 bridgehead atoms. The number of nitrogens with two attached hydrogens (primary N) is 1. The molecule has 9 heteroatoms. The number of imide groups is 2. The molecule has 4 rings (SSSR count). The zero-order chi connectivity index (χ0) is 20.5. The molecule has 0 aliphatic carbocycles. The number of hydrogen-bond donors (Lipinski definition) is 3. The first-order chi connectivity index (χ1) is 14.0. The Bertz CT molecular complexity index is 1040. The van der Waals surface area contributed by atoms with Crippen molar-refractivity contribution >= 4 is 29.3 Å². The van der Waals surface area contributed by atoms with Gasteiger partial charge in [-0.25, -0.2) is 0 Å². The SMILES string of the molecule is Nc1ccnc(CNCc2cccc3c2C(=O)N(C2CCC(=O)NC2=O)C3=O)c1. The lowest BCUT2D eigenvalue weighted by Crippen LogP contribution is -2.54. The third-order valence-electron chi connectivity index (χ3n) is 5.02. The van der Waals surface area contributed by atoms with Gasteiger partial charge in [-0.15, -0.1) is 0 Å². The van der Waals surface area contributed by atoms with E-state index in [1.807, 2.05) is 0 Å². The Balaban J connectivity index is 1.53. The summed E-state index contributed by atoms with van der Waals surface area (Å²) in [7, 11) is 0. The van der Waals surface area contributed by atoms with Crippen LogP contribution in [0.2, 0.25) is 0 Å². The van der Waals surface area contributed by atoms with Crippen molar-refractivity contribution in [2.24, 2.45) is 0 Å². The number of nitrogens with zero attached hydrogens (tertiary/aromatic N) is 2. The third kappa shape index (κ3) is 3.47. The van der Waals surface area contributed by atoms with Crippen molar-refractivity contribution in [1.29, 1.82) is 0 Å². The number of carbonyl (C=O) groups excluding carboxylic acids is 4. The number of nitrogen functional groups attached to an aromatic ring is 1. The van der Waals surface area contributed by atoms with Gasteiger partial charge in [-0.2, -0.15) is 0 Å². The lowest BCUT2D eigenvalue weighted by Gasteiger charge is -2.27. The number of amides is 4. The second-order valence-corrected chi connectivity index (χ2v) is 6.97. The number of fused-ring (bicyclic) bond motifs is 1. The van der Waals surface area contributed by atoms with Crippen molar-refractivity contribution in [3.63, 3.8) is 0 Å². The second kappa shape index (κ2) is 7.44. The molecular formula is C20H19N5O4. The van der Waals surface area contributed by atoms with Crippen LogP contribution in [0.15, 0.2) is 36.5 Å². The highest BCUT2D eigenvalue weighted by Crippen LogP contribution is 2.29. The molecule has 0 saturated carbocycles. The molecule has 2 aliphatic heterocycles. The topological polar surface area (TPSA) is 134 Å². The quantitative estimate of drug-likeness (QED) is 0.624. The summed E-state index contributed by atoms with van der Waals surface area (Å²) >= 11 is 0. The van der Waals surface area contributed by atoms with Crippen LogP contribution in [0.1, 0.15) is 44.8 Å². The predicted octanol–water partition coefficient (Wildman–Crippen LogP) is 0.355. The number of carbonyl (C=O) groups is 4. The van der Waals surface area contributed by atoms with E-state index in [0.29, 0.717) is 24.3 Å². The van der Waals surface area contributed by atoms with Crippen LogP contribution in [-0.2, 0) is 22.7 Å². The second-order valence-electron chi connectivity index (χ2n) is 6.97. The molecule has 29 heavy (non-hydrogen) atoms. The van der Waals surface area contributed by atoms with Crippen molar-refractivity contribution in [2.75, 3.05) is 5.73 Å². The van der Waals surface area contributed by atoms with E-state index >= 15 is 0 Å². The van der Waals surface area contributed by atoms with E-state index in [9.17, 15) is 19.2 Å². The smallest absolute Gasteiger partial charge is 0.262 e. The van der Waals surface area contributed by atoms with Gasteiger partial charge in [0.25, 0.3) is 11.8 Å². The molecule has 1 fully saturated rings. The van der Waals surface area contributed by atoms with E-state index < -0.39 is 29.7 Å². The van der Waals surface area contributed by atoms with Gasteiger partial charge in [-0.3, -0.25) is 34.4 Å². The number of rotatable bonds is 5. The Morgan fingerprint density at radius 3 is 2.72 bits per heavy atom. The molecule has 1 unspecified atom stereocenters. The van der Waals surface area contributed by atoms with Crippen LogP contribution in [0.4, 0.5) is 5.69 Å². The molecule has 4 amide bonds. The Labute approximate surface area is 166 Å². The fourth-order valence-corrected chi connectivity index (χ4v) is 3.65. The minimum absolute atomic E-state index is 0.0887. The van der Waals surface area contributed by atoms with Crippen LogP contribution in [0, 0.1) is 0 Å². The number of nitrogens with one attached hydrogen (secondary N) is 2. The molecule has 0 spiro atoms. The first-order valence-corrected chi connectivity index (χ1v) is 9.20. The highest BCUT2D eigenvalue weighted by Gasteiger charge is 2.45. The van der Waals surface area contributed by atoms with E-state index in [1.54, 1.807) is 36.5 Å². The number of aromatic nitrogens is 1. The fraction of sp³-hybridized carbons (Fsp3) is 0.250. The largest absolute Gasteiger partial charge is 0.399 e. The standard InChI is InChI=1S/C20H19N5O4/c21-12-6-7-23-13(8-12)10-22-9-11-2-1-3-14-17(11)20(29)25(19(14)28)15-4-5-16(26)24-18(15)27/h1-3,6-8,15,22H,4-5,9-10H2,(H2,21,23)(H,24,26,27). The summed E-state index contributed by atoms with van der Waals surface area (Å²) in [5.74, 6) is -2.05. The summed E-state index contributed by atoms with van der Waals surface area (Å²) in [6, 6.07) is 7.51. The van der Waals surface area contributed by atoms with Crippen molar-refractivity contribution in [3.05, 3.63) is 58.9 Å². The van der Waals surface area contributed by atoms with Crippen molar-refractivity contribution in [2.45, 2.75) is 32.0 Å². The summed E-state index contributed by atoms with van der Waals surface area (Å²) in [5, 5.41) is 5.39. The third-order valence-corrected chi connectivity index (χ3v) is 5.02. The normalized spacial score (nSPS) is 18.8. The summed E-state index contributed by atoms with van der Waals surface area (Å²) in [4.78, 5) is 54.6. The van der Waals surface area contributed by atoms with Crippen LogP contribution in [0.3, 0.4) is 0 Å². The average molecular weight is 393 g/mol. The molecule has 4 N–H and O–H groups in total. The molecule has 0 radical (unpaired) electrons. The van der Waals surface area contributed by atoms with Gasteiger partial charge < -0.3 is 11.1 Å². The maximum atomic E-state index is 13.0. The van der Waals surface area contributed by atoms with Gasteiger partial charge in [0, 0.05) is 31.4 Å². The molecule has 1 atom stereocenters. The molecule has 1 saturated heterocycles. The molecule has 3 heterocycles. The number of anilines is 1. The Kier molecular flexibility index (Phi) is 4.81. The van der Waals surface area contributed by atoms with Crippen molar-refractivity contribution < 1.29 is 19.2 Å². The highest BCUT2D eigenvalue weighted by molar-refractivity contribution is 6.24. The van der Waals surface area contributed by atoms with E-state index in [2.05, 4.69) is 15.6 Å². The van der Waals surface area contributed by atoms with Gasteiger partial charge in [0.05, 0.1) is 16.8 Å². The van der Waals surface area contributed by atoms with Gasteiger partial charge in [0.1, 0.15) is 6.04 Å². The maximum absolute atomic E-state index is 13.0. The van der Waals surface area contributed by atoms with Gasteiger partial charge in [-0.05, 0) is 30.2 Å². The van der Waals surface area contributed by atoms with E-state index in [0.717, 1.165) is 10.6 Å². The minimum atomic E-state index is -0.975. The molecule has 1 aromatic carbocycles. The van der Waals surface area contributed by atoms with Crippen molar-refractivity contribution in [3.8, 4) is 0 Å². The first-order valence-electron chi connectivity index (χ1n) is 9.20. The summed E-state index contributed by atoms with van der Waals surface area (Å²) < 4.78 is 0. The van der Waals surface area contributed by atoms with Crippen LogP contribution < -0.4 is 16.4 Å². The molecular weight excluding hydrogens is 374 g/mol. The van der Waals surface area contributed by atoms with Gasteiger partial charge in [-0.1, -0.05) is 12.1 Å². The summed E-state index contributed by atoms with van der Waals surface area (Å²) in [6.45, 7) is 0.773. The number of piperidine rings is 1. The molecule has 9 nitrogen and oxygen atoms in total. The Hall–Kier alpha value is -3.59. The Morgan fingerprint density at radius 1 is 1.14 bits per heavy atom. The zero-order valence-electron chi connectivity index (χ0n) is 15.5. The average Bonchev–Trinajstić information content (AvgIpc) is 2.94. The maximum Gasteiger partial charge on any atom is 0.262 e. The van der Waals surface area contributed by atoms with Gasteiger partial charge in [0.15, 0.2) is 0 Å². The number of pyridine rings is 1. The van der Waals surface area contributed by atoms with Gasteiger partial charge in [0.2, 0.25) is 11.8 Å². The molecule has 2 aromatic rings. The van der Waals surface area contributed by atoms with E-state index in [4.69, 9.17) is 5.73 Å². The first kappa shape index (κ1) is 18.8. The van der Waals surface area contributed by atoms with Gasteiger partial charge >= 0.3 is 0 Å². The highest BCUT2D eigenvalue weighted by atomic mass is 16.2. The van der Waals surface area contributed by atoms with Crippen LogP contribution >= 0.6 is 0 Å². The molecule has 1 aromatic heterocycles. The zero-order valence-corrected chi connectivity index (χ0v) is 15.5. The van der Waals surface area contributed by atoms with E-state index in [-0.39, 0.29) is 24.0 Å².